The van der Waals surface area contributed by atoms with Gasteiger partial charge in [0.15, 0.2) is 0 Å². The summed E-state index contributed by atoms with van der Waals surface area (Å²) in [6, 6.07) is 2.49. The summed E-state index contributed by atoms with van der Waals surface area (Å²) < 4.78 is 1.76. The monoisotopic (exact) mass is 237 g/mol. The van der Waals surface area contributed by atoms with E-state index in [9.17, 15) is 5.11 Å². The molecule has 0 spiro atoms. The Balaban J connectivity index is 2.11. The maximum Gasteiger partial charge on any atom is 0.110 e. The molecule has 1 N–H and O–H groups in total. The molecule has 1 saturated heterocycles. The Kier molecular flexibility index (Phi) is 3.54. The molecule has 1 unspecified atom stereocenters. The Bertz CT molecular complexity index is 374. The standard InChI is InChI=1S/C13H23N3O/c1-11(2)16-8-4-6-13(17,7-10-16)12-5-9-15(3)14-12/h5,9,11,17H,4,6-8,10H2,1-3H3. The van der Waals surface area contributed by atoms with Gasteiger partial charge in [-0.25, -0.2) is 0 Å². The van der Waals surface area contributed by atoms with E-state index in [1.54, 1.807) is 4.68 Å². The van der Waals surface area contributed by atoms with Crippen LogP contribution in [-0.4, -0.2) is 38.9 Å². The second-order valence-electron chi connectivity index (χ2n) is 5.39. The summed E-state index contributed by atoms with van der Waals surface area (Å²) in [5.74, 6) is 0. The van der Waals surface area contributed by atoms with E-state index in [1.807, 2.05) is 19.3 Å². The summed E-state index contributed by atoms with van der Waals surface area (Å²) in [6.45, 7) is 6.45. The zero-order chi connectivity index (χ0) is 12.5. The van der Waals surface area contributed by atoms with Crippen LogP contribution in [-0.2, 0) is 12.6 Å². The van der Waals surface area contributed by atoms with Gasteiger partial charge in [-0.1, -0.05) is 0 Å². The molecule has 1 fully saturated rings. The van der Waals surface area contributed by atoms with Gasteiger partial charge < -0.3 is 10.0 Å². The molecule has 0 saturated carbocycles. The van der Waals surface area contributed by atoms with Crippen LogP contribution in [0.2, 0.25) is 0 Å². The Morgan fingerprint density at radius 2 is 2.12 bits per heavy atom. The fourth-order valence-corrected chi connectivity index (χ4v) is 2.58. The number of aromatic nitrogens is 2. The van der Waals surface area contributed by atoms with Gasteiger partial charge in [0.25, 0.3) is 0 Å². The van der Waals surface area contributed by atoms with Crippen molar-refractivity contribution in [2.75, 3.05) is 13.1 Å². The van der Waals surface area contributed by atoms with E-state index in [4.69, 9.17) is 0 Å². The molecule has 96 valence electrons. The van der Waals surface area contributed by atoms with Crippen molar-refractivity contribution in [3.8, 4) is 0 Å². The molecule has 0 aromatic carbocycles. The molecule has 17 heavy (non-hydrogen) atoms. The van der Waals surface area contributed by atoms with E-state index in [2.05, 4.69) is 23.8 Å². The van der Waals surface area contributed by atoms with Crippen LogP contribution in [0.25, 0.3) is 0 Å². The van der Waals surface area contributed by atoms with Gasteiger partial charge in [-0.3, -0.25) is 4.68 Å². The van der Waals surface area contributed by atoms with Crippen molar-refractivity contribution < 1.29 is 5.11 Å². The summed E-state index contributed by atoms with van der Waals surface area (Å²) in [6.07, 6.45) is 4.53. The molecule has 0 aliphatic carbocycles. The quantitative estimate of drug-likeness (QED) is 0.847. The van der Waals surface area contributed by atoms with Crippen LogP contribution in [0.4, 0.5) is 0 Å². The molecule has 2 heterocycles. The molecule has 4 nitrogen and oxygen atoms in total. The lowest BCUT2D eigenvalue weighted by Crippen LogP contribution is -2.33. The zero-order valence-corrected chi connectivity index (χ0v) is 11.1. The van der Waals surface area contributed by atoms with Crippen molar-refractivity contribution in [1.29, 1.82) is 0 Å². The van der Waals surface area contributed by atoms with Crippen LogP contribution in [0.5, 0.6) is 0 Å². The highest BCUT2D eigenvalue weighted by molar-refractivity contribution is 5.11. The molecule has 2 rings (SSSR count). The summed E-state index contributed by atoms with van der Waals surface area (Å²) >= 11 is 0. The number of rotatable bonds is 2. The molecule has 0 radical (unpaired) electrons. The zero-order valence-electron chi connectivity index (χ0n) is 11.1. The fourth-order valence-electron chi connectivity index (χ4n) is 2.58. The predicted molar refractivity (Wildman–Crippen MR) is 67.7 cm³/mol. The molecule has 0 bridgehead atoms. The smallest absolute Gasteiger partial charge is 0.110 e. The normalized spacial score (nSPS) is 27.4. The van der Waals surface area contributed by atoms with Crippen LogP contribution >= 0.6 is 0 Å². The first-order chi connectivity index (χ1) is 8.01. The first-order valence-corrected chi connectivity index (χ1v) is 6.48. The largest absolute Gasteiger partial charge is 0.383 e. The minimum Gasteiger partial charge on any atom is -0.383 e. The molecule has 1 aromatic heterocycles. The highest BCUT2D eigenvalue weighted by Gasteiger charge is 2.34. The van der Waals surface area contributed by atoms with Crippen molar-refractivity contribution in [3.63, 3.8) is 0 Å². The van der Waals surface area contributed by atoms with E-state index >= 15 is 0 Å². The van der Waals surface area contributed by atoms with E-state index in [1.165, 1.54) is 0 Å². The average Bonchev–Trinajstić information content (AvgIpc) is 2.59. The van der Waals surface area contributed by atoms with Gasteiger partial charge in [-0.2, -0.15) is 5.10 Å². The van der Waals surface area contributed by atoms with Crippen molar-refractivity contribution in [3.05, 3.63) is 18.0 Å². The van der Waals surface area contributed by atoms with Gasteiger partial charge in [0.2, 0.25) is 0 Å². The lowest BCUT2D eigenvalue weighted by Gasteiger charge is -2.26. The van der Waals surface area contributed by atoms with Crippen LogP contribution in [0, 0.1) is 0 Å². The van der Waals surface area contributed by atoms with E-state index in [0.717, 1.165) is 38.0 Å². The number of likely N-dealkylation sites (tertiary alicyclic amines) is 1. The lowest BCUT2D eigenvalue weighted by molar-refractivity contribution is 0.0157. The maximum absolute atomic E-state index is 10.7. The van der Waals surface area contributed by atoms with Crippen molar-refractivity contribution in [1.82, 2.24) is 14.7 Å². The summed E-state index contributed by atoms with van der Waals surface area (Å²) in [5.41, 5.74) is 0.0934. The Hall–Kier alpha value is -0.870. The Labute approximate surface area is 103 Å². The van der Waals surface area contributed by atoms with Crippen molar-refractivity contribution in [2.24, 2.45) is 7.05 Å². The number of nitrogens with zero attached hydrogens (tertiary/aromatic N) is 3. The number of aryl methyl sites for hydroxylation is 1. The van der Waals surface area contributed by atoms with Gasteiger partial charge in [0.05, 0.1) is 5.69 Å². The van der Waals surface area contributed by atoms with Crippen LogP contribution in [0.15, 0.2) is 12.3 Å². The third-order valence-corrected chi connectivity index (χ3v) is 3.77. The molecule has 0 amide bonds. The molecule has 1 aliphatic heterocycles. The fraction of sp³-hybridized carbons (Fsp3) is 0.769. The molecular formula is C13H23N3O. The average molecular weight is 237 g/mol. The minimum absolute atomic E-state index is 0.557. The molecule has 1 aliphatic rings. The van der Waals surface area contributed by atoms with Crippen LogP contribution in [0.3, 0.4) is 0 Å². The van der Waals surface area contributed by atoms with Crippen LogP contribution < -0.4 is 0 Å². The molecular weight excluding hydrogens is 214 g/mol. The number of hydrogen-bond acceptors (Lipinski definition) is 3. The summed E-state index contributed by atoms with van der Waals surface area (Å²) in [4.78, 5) is 2.43. The predicted octanol–water partition coefficient (Wildman–Crippen LogP) is 1.50. The topological polar surface area (TPSA) is 41.3 Å². The van der Waals surface area contributed by atoms with Gasteiger partial charge in [-0.15, -0.1) is 0 Å². The van der Waals surface area contributed by atoms with E-state index < -0.39 is 5.60 Å². The van der Waals surface area contributed by atoms with Crippen LogP contribution in [0.1, 0.15) is 38.8 Å². The maximum atomic E-state index is 10.7. The lowest BCUT2D eigenvalue weighted by atomic mass is 9.91. The first-order valence-electron chi connectivity index (χ1n) is 6.48. The van der Waals surface area contributed by atoms with Crippen molar-refractivity contribution >= 4 is 0 Å². The first kappa shape index (κ1) is 12.6. The second-order valence-corrected chi connectivity index (χ2v) is 5.39. The summed E-state index contributed by atoms with van der Waals surface area (Å²) in [5, 5.41) is 15.1. The number of aliphatic hydroxyl groups is 1. The third kappa shape index (κ3) is 2.69. The van der Waals surface area contributed by atoms with E-state index in [0.29, 0.717) is 6.04 Å². The Morgan fingerprint density at radius 1 is 1.35 bits per heavy atom. The highest BCUT2D eigenvalue weighted by atomic mass is 16.3. The SMILES string of the molecule is CC(C)N1CCCC(O)(c2ccn(C)n2)CC1. The third-order valence-electron chi connectivity index (χ3n) is 3.77. The highest BCUT2D eigenvalue weighted by Crippen LogP contribution is 2.31. The minimum atomic E-state index is -0.731. The summed E-state index contributed by atoms with van der Waals surface area (Å²) in [7, 11) is 1.89. The van der Waals surface area contributed by atoms with Gasteiger partial charge >= 0.3 is 0 Å². The van der Waals surface area contributed by atoms with Crippen molar-refractivity contribution in [2.45, 2.75) is 44.8 Å². The van der Waals surface area contributed by atoms with Gasteiger partial charge in [-0.05, 0) is 45.7 Å². The Morgan fingerprint density at radius 3 is 2.71 bits per heavy atom. The van der Waals surface area contributed by atoms with Gasteiger partial charge in [0.1, 0.15) is 5.60 Å². The molecule has 1 atom stereocenters. The number of hydrogen-bond donors (Lipinski definition) is 1. The van der Waals surface area contributed by atoms with Gasteiger partial charge in [0, 0.05) is 25.8 Å². The molecule has 4 heteroatoms. The second kappa shape index (κ2) is 4.78. The van der Waals surface area contributed by atoms with E-state index in [-0.39, 0.29) is 0 Å². The molecule has 1 aromatic rings.